The fourth-order valence-electron chi connectivity index (χ4n) is 2.86. The van der Waals surface area contributed by atoms with Gasteiger partial charge in [-0.15, -0.1) is 0 Å². The fourth-order valence-corrected chi connectivity index (χ4v) is 2.86. The summed E-state index contributed by atoms with van der Waals surface area (Å²) in [6, 6.07) is 13.6. The van der Waals surface area contributed by atoms with Gasteiger partial charge in [-0.1, -0.05) is 51.1 Å². The van der Waals surface area contributed by atoms with Crippen molar-refractivity contribution in [2.24, 2.45) is 0 Å². The van der Waals surface area contributed by atoms with Gasteiger partial charge in [0.05, 0.1) is 6.04 Å². The van der Waals surface area contributed by atoms with Crippen molar-refractivity contribution in [2.45, 2.75) is 39.2 Å². The van der Waals surface area contributed by atoms with Gasteiger partial charge in [-0.2, -0.15) is 0 Å². The standard InChI is InChI=1S/C19H24FN/c1-13-10-14(12-15(20)11-13)18(21-5)16-8-6-7-9-17(16)19(2,3)4/h6-12,18,21H,1-5H3. The molecule has 0 saturated heterocycles. The van der Waals surface area contributed by atoms with Crippen LogP contribution in [-0.2, 0) is 5.41 Å². The first-order valence-corrected chi connectivity index (χ1v) is 7.36. The maximum Gasteiger partial charge on any atom is 0.123 e. The average Bonchev–Trinajstić information content (AvgIpc) is 2.38. The second-order valence-corrected chi connectivity index (χ2v) is 6.62. The number of halogens is 1. The number of nitrogens with one attached hydrogen (secondary N) is 1. The zero-order valence-corrected chi connectivity index (χ0v) is 13.5. The smallest absolute Gasteiger partial charge is 0.123 e. The van der Waals surface area contributed by atoms with Crippen molar-refractivity contribution in [1.82, 2.24) is 5.32 Å². The van der Waals surface area contributed by atoms with Gasteiger partial charge in [0.25, 0.3) is 0 Å². The molecule has 1 N–H and O–H groups in total. The van der Waals surface area contributed by atoms with Crippen molar-refractivity contribution in [3.63, 3.8) is 0 Å². The Hall–Kier alpha value is -1.67. The van der Waals surface area contributed by atoms with Crippen molar-refractivity contribution in [2.75, 3.05) is 7.05 Å². The molecule has 2 rings (SSSR count). The Morgan fingerprint density at radius 1 is 1.05 bits per heavy atom. The van der Waals surface area contributed by atoms with Crippen LogP contribution in [0.1, 0.15) is 49.1 Å². The van der Waals surface area contributed by atoms with Crippen LogP contribution in [0.3, 0.4) is 0 Å². The van der Waals surface area contributed by atoms with Crippen molar-refractivity contribution in [3.8, 4) is 0 Å². The molecular formula is C19H24FN. The number of aryl methyl sites for hydroxylation is 1. The minimum Gasteiger partial charge on any atom is -0.309 e. The SMILES string of the molecule is CNC(c1cc(C)cc(F)c1)c1ccccc1C(C)(C)C. The van der Waals surface area contributed by atoms with Crippen molar-refractivity contribution < 1.29 is 4.39 Å². The van der Waals surface area contributed by atoms with E-state index in [-0.39, 0.29) is 17.3 Å². The van der Waals surface area contributed by atoms with Crippen LogP contribution in [0.25, 0.3) is 0 Å². The highest BCUT2D eigenvalue weighted by atomic mass is 19.1. The Bertz CT molecular complexity index is 605. The zero-order valence-electron chi connectivity index (χ0n) is 13.5. The molecule has 0 aliphatic heterocycles. The molecule has 0 heterocycles. The number of hydrogen-bond donors (Lipinski definition) is 1. The monoisotopic (exact) mass is 285 g/mol. The van der Waals surface area contributed by atoms with Crippen LogP contribution in [0, 0.1) is 12.7 Å². The topological polar surface area (TPSA) is 12.0 Å². The van der Waals surface area contributed by atoms with E-state index in [4.69, 9.17) is 0 Å². The highest BCUT2D eigenvalue weighted by Gasteiger charge is 2.23. The van der Waals surface area contributed by atoms with Gasteiger partial charge in [-0.05, 0) is 53.8 Å². The highest BCUT2D eigenvalue weighted by Crippen LogP contribution is 2.33. The van der Waals surface area contributed by atoms with Gasteiger partial charge >= 0.3 is 0 Å². The van der Waals surface area contributed by atoms with Gasteiger partial charge < -0.3 is 5.32 Å². The van der Waals surface area contributed by atoms with Crippen molar-refractivity contribution in [3.05, 3.63) is 70.5 Å². The first-order valence-electron chi connectivity index (χ1n) is 7.36. The normalized spacial score (nSPS) is 13.2. The third kappa shape index (κ3) is 3.51. The Morgan fingerprint density at radius 2 is 1.71 bits per heavy atom. The second-order valence-electron chi connectivity index (χ2n) is 6.62. The third-order valence-corrected chi connectivity index (χ3v) is 3.77. The van der Waals surface area contributed by atoms with Crippen LogP contribution in [0.2, 0.25) is 0 Å². The molecule has 0 saturated carbocycles. The Labute approximate surface area is 127 Å². The molecule has 2 heteroatoms. The van der Waals surface area contributed by atoms with E-state index < -0.39 is 0 Å². The Kier molecular flexibility index (Phi) is 4.48. The molecule has 21 heavy (non-hydrogen) atoms. The molecule has 1 nitrogen and oxygen atoms in total. The van der Waals surface area contributed by atoms with Gasteiger partial charge in [-0.25, -0.2) is 4.39 Å². The van der Waals surface area contributed by atoms with Gasteiger partial charge in [0.2, 0.25) is 0 Å². The first-order chi connectivity index (χ1) is 9.82. The molecule has 0 aliphatic rings. The van der Waals surface area contributed by atoms with Crippen LogP contribution in [0.4, 0.5) is 4.39 Å². The predicted molar refractivity (Wildman–Crippen MR) is 87.2 cm³/mol. The van der Waals surface area contributed by atoms with Crippen LogP contribution >= 0.6 is 0 Å². The summed E-state index contributed by atoms with van der Waals surface area (Å²) in [5, 5.41) is 3.33. The fraction of sp³-hybridized carbons (Fsp3) is 0.368. The summed E-state index contributed by atoms with van der Waals surface area (Å²) >= 11 is 0. The molecule has 0 fully saturated rings. The quantitative estimate of drug-likeness (QED) is 0.859. The van der Waals surface area contributed by atoms with Crippen LogP contribution in [0.5, 0.6) is 0 Å². The lowest BCUT2D eigenvalue weighted by Gasteiger charge is -2.28. The molecule has 1 atom stereocenters. The van der Waals surface area contributed by atoms with E-state index in [0.717, 1.165) is 11.1 Å². The van der Waals surface area contributed by atoms with E-state index in [1.54, 1.807) is 12.1 Å². The van der Waals surface area contributed by atoms with Crippen LogP contribution in [0.15, 0.2) is 42.5 Å². The predicted octanol–water partition coefficient (Wildman–Crippen LogP) is 4.74. The summed E-state index contributed by atoms with van der Waals surface area (Å²) < 4.78 is 13.7. The van der Waals surface area contributed by atoms with Gasteiger partial charge in [0.1, 0.15) is 5.82 Å². The number of rotatable bonds is 3. The van der Waals surface area contributed by atoms with E-state index in [0.29, 0.717) is 0 Å². The lowest BCUT2D eigenvalue weighted by molar-refractivity contribution is 0.564. The molecule has 2 aromatic rings. The Balaban J connectivity index is 2.57. The van der Waals surface area contributed by atoms with Crippen LogP contribution in [-0.4, -0.2) is 7.05 Å². The van der Waals surface area contributed by atoms with E-state index in [2.05, 4.69) is 44.3 Å². The maximum absolute atomic E-state index is 13.7. The maximum atomic E-state index is 13.7. The summed E-state index contributed by atoms with van der Waals surface area (Å²) in [5.41, 5.74) is 4.45. The average molecular weight is 285 g/mol. The molecule has 0 aromatic heterocycles. The zero-order chi connectivity index (χ0) is 15.6. The molecule has 0 amide bonds. The molecule has 0 bridgehead atoms. The molecule has 0 spiro atoms. The van der Waals surface area contributed by atoms with E-state index in [1.807, 2.05) is 26.1 Å². The minimum atomic E-state index is -0.182. The molecule has 112 valence electrons. The minimum absolute atomic E-state index is 0.00479. The van der Waals surface area contributed by atoms with Gasteiger partial charge in [0.15, 0.2) is 0 Å². The third-order valence-electron chi connectivity index (χ3n) is 3.77. The highest BCUT2D eigenvalue weighted by molar-refractivity contribution is 5.41. The summed E-state index contributed by atoms with van der Waals surface area (Å²) in [5.74, 6) is -0.182. The van der Waals surface area contributed by atoms with Crippen molar-refractivity contribution in [1.29, 1.82) is 0 Å². The first kappa shape index (κ1) is 15.7. The van der Waals surface area contributed by atoms with E-state index in [9.17, 15) is 4.39 Å². The summed E-state index contributed by atoms with van der Waals surface area (Å²) in [4.78, 5) is 0. The Morgan fingerprint density at radius 3 is 2.29 bits per heavy atom. The van der Waals surface area contributed by atoms with Crippen LogP contribution < -0.4 is 5.32 Å². The molecule has 0 aliphatic carbocycles. The summed E-state index contributed by atoms with van der Waals surface area (Å²) in [7, 11) is 1.92. The lowest BCUT2D eigenvalue weighted by atomic mass is 9.80. The lowest BCUT2D eigenvalue weighted by Crippen LogP contribution is -2.23. The molecule has 2 aromatic carbocycles. The molecule has 1 unspecified atom stereocenters. The van der Waals surface area contributed by atoms with E-state index in [1.165, 1.54) is 11.1 Å². The molecular weight excluding hydrogens is 261 g/mol. The molecule has 0 radical (unpaired) electrons. The summed E-state index contributed by atoms with van der Waals surface area (Å²) in [6.45, 7) is 8.54. The van der Waals surface area contributed by atoms with E-state index >= 15 is 0 Å². The summed E-state index contributed by atoms with van der Waals surface area (Å²) in [6.07, 6.45) is 0. The number of benzene rings is 2. The second kappa shape index (κ2) is 5.98. The van der Waals surface area contributed by atoms with Gasteiger partial charge in [-0.3, -0.25) is 0 Å². The van der Waals surface area contributed by atoms with Crippen molar-refractivity contribution >= 4 is 0 Å². The number of hydrogen-bond acceptors (Lipinski definition) is 1. The largest absolute Gasteiger partial charge is 0.309 e. The van der Waals surface area contributed by atoms with Gasteiger partial charge in [0, 0.05) is 0 Å².